The Kier molecular flexibility index (Phi) is 10.5. The highest BCUT2D eigenvalue weighted by Gasteiger charge is 2.49. The number of anilines is 4. The summed E-state index contributed by atoms with van der Waals surface area (Å²) in [6.07, 6.45) is 3.96. The number of nitrogens with one attached hydrogen (secondary N) is 2. The normalized spacial score (nSPS) is 17.1. The second kappa shape index (κ2) is 15.9. The lowest BCUT2D eigenvalue weighted by atomic mass is 9.78. The Morgan fingerprint density at radius 1 is 0.869 bits per heavy atom. The number of methoxy groups -OCH3 is 1. The Labute approximate surface area is 352 Å². The summed E-state index contributed by atoms with van der Waals surface area (Å²) in [6.45, 7) is 12.8. The zero-order valence-corrected chi connectivity index (χ0v) is 34.8. The first-order chi connectivity index (χ1) is 29.4. The number of hydrogen-bond acceptors (Lipinski definition) is 14. The number of halogens is 2. The largest absolute Gasteiger partial charge is 0.495 e. The Morgan fingerprint density at radius 2 is 1.54 bits per heavy atom. The molecule has 0 amide bonds. The zero-order valence-electron chi connectivity index (χ0n) is 34.8. The molecule has 2 N–H and O–H groups in total. The van der Waals surface area contributed by atoms with Crippen LogP contribution in [0.5, 0.6) is 5.75 Å². The smallest absolute Gasteiger partial charge is 0.270 e. The van der Waals surface area contributed by atoms with Crippen LogP contribution in [-0.2, 0) is 21.8 Å². The van der Waals surface area contributed by atoms with Gasteiger partial charge in [-0.2, -0.15) is 15.5 Å². The molecule has 3 fully saturated rings. The number of fused-ring (bicyclic) bond motifs is 2. The van der Waals surface area contributed by atoms with Crippen LogP contribution in [0.3, 0.4) is 0 Å². The third kappa shape index (κ3) is 7.68. The van der Waals surface area contributed by atoms with Crippen LogP contribution >= 0.6 is 0 Å². The number of pyridine rings is 2. The van der Waals surface area contributed by atoms with Gasteiger partial charge in [-0.05, 0) is 50.1 Å². The van der Waals surface area contributed by atoms with Crippen molar-refractivity contribution in [2.75, 3.05) is 80.1 Å². The molecule has 314 valence electrons. The highest BCUT2D eigenvalue weighted by atomic mass is 19.3. The van der Waals surface area contributed by atoms with Gasteiger partial charge in [0, 0.05) is 61.4 Å². The summed E-state index contributed by atoms with van der Waals surface area (Å²) < 4.78 is 45.6. The number of nitrogens with zero attached hydrogens (tertiary/aromatic N) is 9. The average Bonchev–Trinajstić information content (AvgIpc) is 3.24. The fraction of sp³-hybridized carbons (Fsp3) is 0.400. The average molecular weight is 828 g/mol. The van der Waals surface area contributed by atoms with Gasteiger partial charge in [-0.3, -0.25) is 9.97 Å². The summed E-state index contributed by atoms with van der Waals surface area (Å²) in [6, 6.07) is 16.1. The van der Waals surface area contributed by atoms with Crippen LogP contribution < -0.4 is 25.2 Å². The Hall–Kier alpha value is -6.31. The molecule has 2 atom stereocenters. The minimum absolute atomic E-state index is 0.0619. The second-order valence-electron chi connectivity index (χ2n) is 16.5. The van der Waals surface area contributed by atoms with Gasteiger partial charge in [0.1, 0.15) is 11.8 Å². The van der Waals surface area contributed by atoms with E-state index in [1.807, 2.05) is 51.4 Å². The number of aryl methyl sites for hydroxylation is 1. The molecule has 0 unspecified atom stereocenters. The van der Waals surface area contributed by atoms with Crippen molar-refractivity contribution < 1.29 is 23.0 Å². The topological polar surface area (TPSA) is 159 Å². The van der Waals surface area contributed by atoms with E-state index in [0.717, 1.165) is 85.2 Å². The fourth-order valence-electron chi connectivity index (χ4n) is 8.55. The molecule has 0 saturated carbocycles. The van der Waals surface area contributed by atoms with E-state index in [9.17, 15) is 14.0 Å². The van der Waals surface area contributed by atoms with E-state index in [1.165, 1.54) is 12.1 Å². The molecule has 1 spiro atoms. The third-order valence-electron chi connectivity index (χ3n) is 12.1. The Bertz CT molecular complexity index is 2670. The van der Waals surface area contributed by atoms with Gasteiger partial charge in [-0.1, -0.05) is 30.3 Å². The van der Waals surface area contributed by atoms with Gasteiger partial charge in [0.15, 0.2) is 11.6 Å². The molecule has 3 saturated heterocycles. The van der Waals surface area contributed by atoms with Crippen LogP contribution in [0, 0.1) is 23.7 Å². The van der Waals surface area contributed by atoms with Crippen LogP contribution in [0.25, 0.3) is 21.8 Å². The van der Waals surface area contributed by atoms with Crippen molar-refractivity contribution in [1.82, 2.24) is 30.4 Å². The summed E-state index contributed by atoms with van der Waals surface area (Å²) in [5.41, 5.74) is 7.22. The predicted octanol–water partition coefficient (Wildman–Crippen LogP) is 7.27. The first-order valence-corrected chi connectivity index (χ1v) is 20.5. The lowest BCUT2D eigenvalue weighted by Crippen LogP contribution is -2.66. The maximum Gasteiger partial charge on any atom is 0.270 e. The van der Waals surface area contributed by atoms with Crippen molar-refractivity contribution in [3.8, 4) is 11.8 Å². The monoisotopic (exact) mass is 827 g/mol. The van der Waals surface area contributed by atoms with Crippen molar-refractivity contribution >= 4 is 44.8 Å². The molecule has 6 aromatic rings. The first kappa shape index (κ1) is 40.1. The molecule has 0 bridgehead atoms. The number of rotatable bonds is 12. The first-order valence-electron chi connectivity index (χ1n) is 20.5. The highest BCUT2D eigenvalue weighted by molar-refractivity contribution is 5.93. The molecule has 0 aliphatic carbocycles. The van der Waals surface area contributed by atoms with Crippen LogP contribution in [0.2, 0.25) is 0 Å². The van der Waals surface area contributed by atoms with Crippen LogP contribution in [0.4, 0.5) is 31.8 Å². The lowest BCUT2D eigenvalue weighted by Gasteiger charge is -2.55. The standard InChI is InChI=1S/C45H47F2N11O3/c1-26(29-7-6-8-31(15-29)44(4,46)47)51-43-36-18-33(58-22-45(23-58)24-61-25-45)21-50-40(36)38(54-56-43)16-30-9-10-34(41(59-5)37(30)19-48)27(2)52-42-35-17-32(57-11-13-60-14-12-57)20-49-39(35)28(3)53-55-42/h6-10,15,17-18,20-21,26-27H,11-14,16,22-25H2,1-5H3,(H,51,56)(H,52,55)/t26-,27-/m1/s1. The maximum absolute atomic E-state index is 14.3. The third-order valence-corrected chi connectivity index (χ3v) is 12.1. The molecule has 61 heavy (non-hydrogen) atoms. The van der Waals surface area contributed by atoms with E-state index >= 15 is 0 Å². The van der Waals surface area contributed by atoms with Crippen LogP contribution in [-0.4, -0.2) is 90.1 Å². The lowest BCUT2D eigenvalue weighted by molar-refractivity contribution is -0.127. The van der Waals surface area contributed by atoms with Gasteiger partial charge in [-0.25, -0.2) is 8.78 Å². The summed E-state index contributed by atoms with van der Waals surface area (Å²) in [4.78, 5) is 14.2. The molecule has 14 nitrogen and oxygen atoms in total. The van der Waals surface area contributed by atoms with Crippen molar-refractivity contribution in [2.24, 2.45) is 5.41 Å². The van der Waals surface area contributed by atoms with Crippen molar-refractivity contribution in [2.45, 2.75) is 52.1 Å². The minimum Gasteiger partial charge on any atom is -0.495 e. The summed E-state index contributed by atoms with van der Waals surface area (Å²) >= 11 is 0. The van der Waals surface area contributed by atoms with Gasteiger partial charge in [0.2, 0.25) is 0 Å². The Morgan fingerprint density at radius 3 is 2.21 bits per heavy atom. The molecule has 16 heteroatoms. The molecule has 2 aromatic carbocycles. The molecule has 9 rings (SSSR count). The number of hydrogen-bond donors (Lipinski definition) is 2. The molecule has 4 aromatic heterocycles. The molecule has 0 radical (unpaired) electrons. The van der Waals surface area contributed by atoms with Crippen molar-refractivity contribution in [3.63, 3.8) is 0 Å². The van der Waals surface area contributed by atoms with Gasteiger partial charge >= 0.3 is 0 Å². The van der Waals surface area contributed by atoms with Crippen LogP contribution in [0.15, 0.2) is 60.9 Å². The molecule has 3 aliphatic rings. The number of aromatic nitrogens is 6. The number of morpholine rings is 1. The number of benzene rings is 2. The minimum atomic E-state index is -2.98. The van der Waals surface area contributed by atoms with E-state index in [1.54, 1.807) is 13.2 Å². The SMILES string of the molecule is COc1c([C@@H](C)Nc2nnc(C)c3ncc(N4CCOCC4)cc23)ccc(Cc2nnc(N[C@H](C)c3cccc(C(C)(F)F)c3)c3cc(N4CC5(COC5)C4)cnc23)c1C#N. The van der Waals surface area contributed by atoms with E-state index in [2.05, 4.69) is 59.0 Å². The zero-order chi connectivity index (χ0) is 42.5. The molecule has 7 heterocycles. The number of ether oxygens (including phenoxy) is 3. The van der Waals surface area contributed by atoms with E-state index < -0.39 is 5.92 Å². The van der Waals surface area contributed by atoms with E-state index in [0.29, 0.717) is 58.5 Å². The van der Waals surface area contributed by atoms with Gasteiger partial charge < -0.3 is 34.6 Å². The fourth-order valence-corrected chi connectivity index (χ4v) is 8.55. The molecular weight excluding hydrogens is 781 g/mol. The predicted molar refractivity (Wildman–Crippen MR) is 229 cm³/mol. The quantitative estimate of drug-likeness (QED) is 0.127. The highest BCUT2D eigenvalue weighted by Crippen LogP contribution is 2.42. The van der Waals surface area contributed by atoms with Crippen molar-refractivity contribution in [3.05, 3.63) is 100 Å². The molecular formula is C45H47F2N11O3. The number of alkyl halides is 2. The van der Waals surface area contributed by atoms with E-state index in [-0.39, 0.29) is 29.5 Å². The Balaban J connectivity index is 1.03. The van der Waals surface area contributed by atoms with Gasteiger partial charge in [0.25, 0.3) is 5.92 Å². The van der Waals surface area contributed by atoms with Gasteiger partial charge in [-0.15, -0.1) is 10.2 Å². The number of nitriles is 1. The maximum atomic E-state index is 14.3. The van der Waals surface area contributed by atoms with E-state index in [4.69, 9.17) is 24.2 Å². The van der Waals surface area contributed by atoms with Gasteiger partial charge in [0.05, 0.1) is 103 Å². The molecule has 3 aliphatic heterocycles. The summed E-state index contributed by atoms with van der Waals surface area (Å²) in [5, 5.41) is 37.4. The van der Waals surface area contributed by atoms with Crippen LogP contribution in [0.1, 0.15) is 72.1 Å². The second-order valence-corrected chi connectivity index (χ2v) is 16.5. The summed E-state index contributed by atoms with van der Waals surface area (Å²) in [5.74, 6) is -1.50. The van der Waals surface area contributed by atoms with Crippen molar-refractivity contribution in [1.29, 1.82) is 5.26 Å². The summed E-state index contributed by atoms with van der Waals surface area (Å²) in [7, 11) is 1.56.